The van der Waals surface area contributed by atoms with E-state index in [9.17, 15) is 0 Å². The van der Waals surface area contributed by atoms with Crippen LogP contribution in [0.25, 0.3) is 0 Å². The Balaban J connectivity index is 2.63. The van der Waals surface area contributed by atoms with Crippen molar-refractivity contribution in [1.82, 2.24) is 0 Å². The van der Waals surface area contributed by atoms with E-state index in [-0.39, 0.29) is 5.43 Å². The molecular weight excluding hydrogens is 360 g/mol. The molecule has 2 rings (SSSR count). The van der Waals surface area contributed by atoms with Gasteiger partial charge in [0.2, 0.25) is 0 Å². The fourth-order valence-electron chi connectivity index (χ4n) is 3.67. The van der Waals surface area contributed by atoms with Gasteiger partial charge in [0.1, 0.15) is 0 Å². The molecule has 0 bridgehead atoms. The second-order valence-electron chi connectivity index (χ2n) is 8.87. The Morgan fingerprint density at radius 2 is 1.14 bits per heavy atom. The average molecular weight is 392 g/mol. The Labute approximate surface area is 145 Å². The van der Waals surface area contributed by atoms with Crippen molar-refractivity contribution in [3.05, 3.63) is 42.0 Å². The van der Waals surface area contributed by atoms with Crippen molar-refractivity contribution in [3.63, 3.8) is 0 Å². The normalized spacial score (nSPS) is 18.7. The summed E-state index contributed by atoms with van der Waals surface area (Å²) < 4.78 is 3.82. The van der Waals surface area contributed by atoms with Gasteiger partial charge < -0.3 is 0 Å². The van der Waals surface area contributed by atoms with E-state index in [1.165, 1.54) is 12.8 Å². The molecule has 2 heteroatoms. The molecular formula is C20H32SiZr. The third kappa shape index (κ3) is 3.75. The summed E-state index contributed by atoms with van der Waals surface area (Å²) in [5.41, 5.74) is 3.75. The molecule has 0 saturated carbocycles. The molecule has 0 unspecified atom stereocenters. The zero-order chi connectivity index (χ0) is 16.7. The molecule has 0 radical (unpaired) electrons. The Bertz CT molecular complexity index is 572. The quantitative estimate of drug-likeness (QED) is 0.479. The average Bonchev–Trinajstić information content (AvgIpc) is 2.95. The Kier molecular flexibility index (Phi) is 5.45. The van der Waals surface area contributed by atoms with Crippen LogP contribution in [0.1, 0.15) is 54.4 Å². The second kappa shape index (κ2) is 6.52. The standard InChI is InChI=1S/2C9H13.C2H6Si.Zr/c2*1-9(2,3)8-6-4-5-7-8;1-3-2;/h2*4,6H,5H2,1-3H3;1-2H3;. The van der Waals surface area contributed by atoms with Crippen molar-refractivity contribution >= 4 is 5.43 Å². The minimum atomic E-state index is -1.69. The monoisotopic (exact) mass is 390 g/mol. The third-order valence-corrected chi connectivity index (χ3v) is 21.8. The maximum absolute atomic E-state index is 2.58. The van der Waals surface area contributed by atoms with Crippen molar-refractivity contribution in [2.24, 2.45) is 10.8 Å². The zero-order valence-electron chi connectivity index (χ0n) is 15.7. The van der Waals surface area contributed by atoms with E-state index in [1.807, 2.05) is 6.56 Å². The molecule has 0 atom stereocenters. The molecule has 22 heavy (non-hydrogen) atoms. The molecule has 0 amide bonds. The first kappa shape index (κ1) is 18.4. The first-order chi connectivity index (χ1) is 10.0. The van der Waals surface area contributed by atoms with Gasteiger partial charge in [0.25, 0.3) is 0 Å². The van der Waals surface area contributed by atoms with Crippen molar-refractivity contribution in [3.8, 4) is 0 Å². The fourth-order valence-corrected chi connectivity index (χ4v) is 22.6. The zero-order valence-corrected chi connectivity index (χ0v) is 19.2. The molecule has 0 N–H and O–H groups in total. The summed E-state index contributed by atoms with van der Waals surface area (Å²) in [5, 5.41) is 0. The summed E-state index contributed by atoms with van der Waals surface area (Å²) >= 11 is -1.69. The Morgan fingerprint density at radius 3 is 1.41 bits per heavy atom. The summed E-state index contributed by atoms with van der Waals surface area (Å²) in [5.74, 6) is 0. The number of allylic oxidation sites excluding steroid dienone is 8. The van der Waals surface area contributed by atoms with Gasteiger partial charge in [-0.1, -0.05) is 0 Å². The molecule has 0 heterocycles. The molecule has 0 spiro atoms. The van der Waals surface area contributed by atoms with Crippen LogP contribution in [0.15, 0.2) is 42.0 Å². The van der Waals surface area contributed by atoms with Crippen LogP contribution in [-0.4, -0.2) is 5.43 Å². The first-order valence-corrected chi connectivity index (χ1v) is 17.2. The van der Waals surface area contributed by atoms with Gasteiger partial charge in [0.15, 0.2) is 0 Å². The SMILES string of the molecule is C[Si](C)=[Zr]([C]1=C(C(C)(C)C)C=CC1)[C]1=C(C(C)(C)C)C=CC1. The van der Waals surface area contributed by atoms with E-state index >= 15 is 0 Å². The maximum atomic E-state index is 2.58. The van der Waals surface area contributed by atoms with E-state index in [4.69, 9.17) is 0 Å². The van der Waals surface area contributed by atoms with E-state index in [2.05, 4.69) is 78.9 Å². The molecule has 0 aromatic heterocycles. The van der Waals surface area contributed by atoms with Crippen LogP contribution in [-0.2, 0) is 20.4 Å². The van der Waals surface area contributed by atoms with Crippen LogP contribution in [0.4, 0.5) is 0 Å². The molecule has 0 aromatic rings. The van der Waals surface area contributed by atoms with Gasteiger partial charge in [0, 0.05) is 0 Å². The van der Waals surface area contributed by atoms with Crippen LogP contribution in [0.2, 0.25) is 13.1 Å². The third-order valence-electron chi connectivity index (χ3n) is 4.58. The van der Waals surface area contributed by atoms with Gasteiger partial charge in [-0.3, -0.25) is 0 Å². The van der Waals surface area contributed by atoms with Gasteiger partial charge in [-0.05, 0) is 0 Å². The molecule has 120 valence electrons. The van der Waals surface area contributed by atoms with Gasteiger partial charge in [-0.2, -0.15) is 0 Å². The van der Waals surface area contributed by atoms with Crippen molar-refractivity contribution in [1.29, 1.82) is 0 Å². The number of hydrogen-bond acceptors (Lipinski definition) is 0. The topological polar surface area (TPSA) is 0 Å². The Morgan fingerprint density at radius 1 is 0.773 bits per heavy atom. The van der Waals surface area contributed by atoms with Gasteiger partial charge in [0.05, 0.1) is 0 Å². The van der Waals surface area contributed by atoms with E-state index < -0.39 is 20.4 Å². The Hall–Kier alpha value is 0.0600. The van der Waals surface area contributed by atoms with Gasteiger partial charge >= 0.3 is 146 Å². The molecule has 0 fully saturated rings. The summed E-state index contributed by atoms with van der Waals surface area (Å²) in [6.07, 6.45) is 12.2. The van der Waals surface area contributed by atoms with Crippen LogP contribution >= 0.6 is 0 Å². The molecule has 0 saturated heterocycles. The van der Waals surface area contributed by atoms with Crippen molar-refractivity contribution < 1.29 is 20.4 Å². The van der Waals surface area contributed by atoms with Crippen LogP contribution in [0.5, 0.6) is 0 Å². The number of rotatable bonds is 2. The molecule has 0 aromatic carbocycles. The number of hydrogen-bond donors (Lipinski definition) is 0. The fraction of sp³-hybridized carbons (Fsp3) is 0.600. The van der Waals surface area contributed by atoms with Crippen LogP contribution in [0.3, 0.4) is 0 Å². The molecule has 2 aliphatic carbocycles. The van der Waals surface area contributed by atoms with Crippen molar-refractivity contribution in [2.45, 2.75) is 67.5 Å². The summed E-state index contributed by atoms with van der Waals surface area (Å²) in [7, 11) is 0. The van der Waals surface area contributed by atoms with E-state index in [0.717, 1.165) is 0 Å². The van der Waals surface area contributed by atoms with Crippen LogP contribution in [0, 0.1) is 10.8 Å². The first-order valence-electron chi connectivity index (χ1n) is 8.52. The van der Waals surface area contributed by atoms with E-state index in [1.54, 1.807) is 11.1 Å². The molecule has 0 nitrogen and oxygen atoms in total. The van der Waals surface area contributed by atoms with Crippen molar-refractivity contribution in [2.75, 3.05) is 0 Å². The predicted octanol–water partition coefficient (Wildman–Crippen LogP) is 6.38. The summed E-state index contributed by atoms with van der Waals surface area (Å²) in [6.45, 7) is 19.5. The van der Waals surface area contributed by atoms with E-state index in [0.29, 0.717) is 10.8 Å². The van der Waals surface area contributed by atoms with Gasteiger partial charge in [-0.15, -0.1) is 0 Å². The summed E-state index contributed by atoms with van der Waals surface area (Å²) in [4.78, 5) is 0. The molecule has 2 aliphatic rings. The van der Waals surface area contributed by atoms with Gasteiger partial charge in [-0.25, -0.2) is 0 Å². The van der Waals surface area contributed by atoms with Crippen LogP contribution < -0.4 is 0 Å². The predicted molar refractivity (Wildman–Crippen MR) is 98.0 cm³/mol. The molecule has 0 aliphatic heterocycles. The minimum absolute atomic E-state index is 0.222. The summed E-state index contributed by atoms with van der Waals surface area (Å²) in [6, 6.07) is 0. The second-order valence-corrected chi connectivity index (χ2v) is 26.0.